The average molecular weight is 398 g/mol. The molecule has 3 heterocycles. The third-order valence-electron chi connectivity index (χ3n) is 5.56. The third-order valence-corrected chi connectivity index (χ3v) is 5.56. The van der Waals surface area contributed by atoms with Crippen molar-refractivity contribution in [2.45, 2.75) is 13.8 Å². The fourth-order valence-corrected chi connectivity index (χ4v) is 3.76. The largest absolute Gasteiger partial charge is 0.497 e. The topological polar surface area (TPSA) is 88.2 Å². The number of aromatic nitrogens is 3. The van der Waals surface area contributed by atoms with E-state index >= 15 is 0 Å². The molecule has 1 N–H and O–H groups in total. The molecule has 0 spiro atoms. The van der Waals surface area contributed by atoms with Gasteiger partial charge in [-0.2, -0.15) is 5.10 Å². The first kappa shape index (κ1) is 18.1. The number of benzene rings is 2. The maximum absolute atomic E-state index is 13.4. The molecule has 0 saturated carbocycles. The zero-order valence-electron chi connectivity index (χ0n) is 16.7. The van der Waals surface area contributed by atoms with Gasteiger partial charge in [0.25, 0.3) is 11.8 Å². The van der Waals surface area contributed by atoms with Gasteiger partial charge < -0.3 is 4.74 Å². The number of carbonyl (C=O) groups is 2. The van der Waals surface area contributed by atoms with Gasteiger partial charge in [-0.25, -0.2) is 9.88 Å². The Bertz CT molecular complexity index is 1340. The summed E-state index contributed by atoms with van der Waals surface area (Å²) in [6.07, 6.45) is 1.43. The van der Waals surface area contributed by atoms with Crippen molar-refractivity contribution in [2.24, 2.45) is 0 Å². The van der Waals surface area contributed by atoms with Gasteiger partial charge >= 0.3 is 0 Å². The van der Waals surface area contributed by atoms with E-state index in [0.29, 0.717) is 28.0 Å². The molecular formula is C23H18N4O3. The van der Waals surface area contributed by atoms with Gasteiger partial charge in [0.05, 0.1) is 35.0 Å². The number of nitrogens with zero attached hydrogens (tertiary/aromatic N) is 3. The molecule has 0 aliphatic carbocycles. The van der Waals surface area contributed by atoms with Crippen molar-refractivity contribution in [3.63, 3.8) is 0 Å². The number of rotatable bonds is 3. The van der Waals surface area contributed by atoms with Gasteiger partial charge in [-0.3, -0.25) is 14.7 Å². The summed E-state index contributed by atoms with van der Waals surface area (Å²) in [5.41, 5.74) is 5.10. The van der Waals surface area contributed by atoms with Crippen LogP contribution in [0.15, 0.2) is 48.7 Å². The van der Waals surface area contributed by atoms with Crippen LogP contribution < -0.4 is 9.64 Å². The van der Waals surface area contributed by atoms with E-state index < -0.39 is 0 Å². The summed E-state index contributed by atoms with van der Waals surface area (Å²) in [6.45, 7) is 3.94. The number of methoxy groups -OCH3 is 1. The minimum absolute atomic E-state index is 0.280. The zero-order valence-corrected chi connectivity index (χ0v) is 16.7. The highest BCUT2D eigenvalue weighted by molar-refractivity contribution is 6.38. The quantitative estimate of drug-likeness (QED) is 0.526. The number of nitrogens with one attached hydrogen (secondary N) is 1. The number of H-pyrrole nitrogens is 1. The van der Waals surface area contributed by atoms with Crippen molar-refractivity contribution in [3.8, 4) is 17.0 Å². The maximum Gasteiger partial charge on any atom is 0.267 e. The number of aryl methyl sites for hydroxylation is 2. The Balaban J connectivity index is 1.69. The number of imide groups is 1. The van der Waals surface area contributed by atoms with Crippen molar-refractivity contribution in [1.29, 1.82) is 0 Å². The Hall–Kier alpha value is -4.00. The first-order valence-electron chi connectivity index (χ1n) is 9.47. The summed E-state index contributed by atoms with van der Waals surface area (Å²) < 4.78 is 5.22. The van der Waals surface area contributed by atoms with Crippen LogP contribution in [0.4, 0.5) is 5.69 Å². The smallest absolute Gasteiger partial charge is 0.267 e. The number of amides is 2. The second-order valence-corrected chi connectivity index (χ2v) is 7.29. The molecular weight excluding hydrogens is 380 g/mol. The van der Waals surface area contributed by atoms with Crippen LogP contribution in [0.25, 0.3) is 22.3 Å². The standard InChI is InChI=1S/C23H18N4O3/c1-12-4-7-15(10-13(12)2)27-22(28)17-11-24-21-19(18(17)23(27)29)20(25-26-21)14-5-8-16(30-3)9-6-14/h4-11H,1-3H3,(H,24,25,26). The van der Waals surface area contributed by atoms with E-state index in [-0.39, 0.29) is 17.4 Å². The number of hydrogen-bond acceptors (Lipinski definition) is 5. The second-order valence-electron chi connectivity index (χ2n) is 7.29. The number of pyridine rings is 1. The second kappa shape index (κ2) is 6.52. The molecule has 2 amide bonds. The number of hydrogen-bond donors (Lipinski definition) is 1. The Morgan fingerprint density at radius 2 is 1.73 bits per heavy atom. The van der Waals surface area contributed by atoms with Crippen LogP contribution >= 0.6 is 0 Å². The SMILES string of the molecule is COc1ccc(-c2[nH]nc3ncc4c(c23)C(=O)N(c2ccc(C)c(C)c2)C4=O)cc1. The molecule has 2 aromatic heterocycles. The summed E-state index contributed by atoms with van der Waals surface area (Å²) in [6, 6.07) is 12.9. The monoisotopic (exact) mass is 398 g/mol. The van der Waals surface area contributed by atoms with E-state index in [4.69, 9.17) is 4.74 Å². The summed E-state index contributed by atoms with van der Waals surface area (Å²) in [5, 5.41) is 7.76. The van der Waals surface area contributed by atoms with Gasteiger partial charge in [-0.1, -0.05) is 6.07 Å². The lowest BCUT2D eigenvalue weighted by Crippen LogP contribution is -2.29. The number of aromatic amines is 1. The van der Waals surface area contributed by atoms with Gasteiger partial charge in [0, 0.05) is 11.8 Å². The molecule has 2 aromatic carbocycles. The fraction of sp³-hybridized carbons (Fsp3) is 0.130. The number of carbonyl (C=O) groups excluding carboxylic acids is 2. The zero-order chi connectivity index (χ0) is 21.0. The molecule has 1 aliphatic rings. The van der Waals surface area contributed by atoms with Gasteiger partial charge in [0.1, 0.15) is 5.75 Å². The van der Waals surface area contributed by atoms with E-state index in [0.717, 1.165) is 22.4 Å². The van der Waals surface area contributed by atoms with Gasteiger partial charge in [-0.15, -0.1) is 0 Å². The van der Waals surface area contributed by atoms with Crippen LogP contribution in [0.5, 0.6) is 5.75 Å². The van der Waals surface area contributed by atoms with Crippen LogP contribution in [-0.2, 0) is 0 Å². The molecule has 148 valence electrons. The molecule has 5 rings (SSSR count). The van der Waals surface area contributed by atoms with Gasteiger partial charge in [-0.05, 0) is 61.4 Å². The number of ether oxygens (including phenoxy) is 1. The van der Waals surface area contributed by atoms with Crippen molar-refractivity contribution in [3.05, 3.63) is 70.9 Å². The molecule has 1 aliphatic heterocycles. The Kier molecular flexibility index (Phi) is 3.92. The minimum Gasteiger partial charge on any atom is -0.497 e. The summed E-state index contributed by atoms with van der Waals surface area (Å²) in [5.74, 6) is -0.0329. The van der Waals surface area contributed by atoms with Crippen LogP contribution in [-0.4, -0.2) is 34.1 Å². The van der Waals surface area contributed by atoms with Gasteiger partial charge in [0.2, 0.25) is 0 Å². The summed E-state index contributed by atoms with van der Waals surface area (Å²) in [4.78, 5) is 32.1. The van der Waals surface area contributed by atoms with Crippen molar-refractivity contribution < 1.29 is 14.3 Å². The molecule has 7 nitrogen and oxygen atoms in total. The van der Waals surface area contributed by atoms with E-state index in [1.165, 1.54) is 11.1 Å². The molecule has 0 unspecified atom stereocenters. The fourth-order valence-electron chi connectivity index (χ4n) is 3.76. The molecule has 0 radical (unpaired) electrons. The predicted molar refractivity (Wildman–Crippen MR) is 113 cm³/mol. The lowest BCUT2D eigenvalue weighted by atomic mass is 10.0. The summed E-state index contributed by atoms with van der Waals surface area (Å²) >= 11 is 0. The number of fused-ring (bicyclic) bond motifs is 3. The average Bonchev–Trinajstić information content (AvgIpc) is 3.29. The van der Waals surface area contributed by atoms with Crippen LogP contribution in [0.2, 0.25) is 0 Å². The number of anilines is 1. The lowest BCUT2D eigenvalue weighted by molar-refractivity contribution is 0.0926. The maximum atomic E-state index is 13.4. The van der Waals surface area contributed by atoms with E-state index in [9.17, 15) is 9.59 Å². The predicted octanol–water partition coefficient (Wildman–Crippen LogP) is 4.05. The van der Waals surface area contributed by atoms with E-state index in [1.807, 2.05) is 50.2 Å². The highest BCUT2D eigenvalue weighted by Crippen LogP contribution is 2.37. The Morgan fingerprint density at radius 3 is 2.43 bits per heavy atom. The van der Waals surface area contributed by atoms with Crippen LogP contribution in [0.1, 0.15) is 31.8 Å². The van der Waals surface area contributed by atoms with Crippen LogP contribution in [0, 0.1) is 13.8 Å². The van der Waals surface area contributed by atoms with Crippen molar-refractivity contribution >= 4 is 28.5 Å². The molecule has 4 aromatic rings. The minimum atomic E-state index is -0.380. The normalized spacial score (nSPS) is 13.2. The molecule has 30 heavy (non-hydrogen) atoms. The highest BCUT2D eigenvalue weighted by Gasteiger charge is 2.40. The van der Waals surface area contributed by atoms with Crippen LogP contribution in [0.3, 0.4) is 0 Å². The molecule has 0 fully saturated rings. The molecule has 7 heteroatoms. The van der Waals surface area contributed by atoms with Gasteiger partial charge in [0.15, 0.2) is 5.65 Å². The molecule has 0 saturated heterocycles. The summed E-state index contributed by atoms with van der Waals surface area (Å²) in [7, 11) is 1.60. The Labute approximate surface area is 172 Å². The molecule has 0 bridgehead atoms. The highest BCUT2D eigenvalue weighted by atomic mass is 16.5. The van der Waals surface area contributed by atoms with Crippen molar-refractivity contribution in [2.75, 3.05) is 12.0 Å². The molecule has 0 atom stereocenters. The third kappa shape index (κ3) is 2.52. The van der Waals surface area contributed by atoms with E-state index in [2.05, 4.69) is 15.2 Å². The van der Waals surface area contributed by atoms with Crippen molar-refractivity contribution in [1.82, 2.24) is 15.2 Å². The van der Waals surface area contributed by atoms with E-state index in [1.54, 1.807) is 13.2 Å². The Morgan fingerprint density at radius 1 is 0.967 bits per heavy atom. The lowest BCUT2D eigenvalue weighted by Gasteiger charge is -2.15. The first-order chi connectivity index (χ1) is 14.5. The first-order valence-corrected chi connectivity index (χ1v) is 9.47.